The van der Waals surface area contributed by atoms with Crippen LogP contribution in [0, 0.1) is 11.3 Å². The van der Waals surface area contributed by atoms with Crippen molar-refractivity contribution in [3.05, 3.63) is 28.0 Å². The van der Waals surface area contributed by atoms with Crippen LogP contribution in [0.15, 0.2) is 12.4 Å². The second-order valence-corrected chi connectivity index (χ2v) is 2.38. The van der Waals surface area contributed by atoms with Crippen molar-refractivity contribution in [2.45, 2.75) is 0 Å². The summed E-state index contributed by atoms with van der Waals surface area (Å²) < 4.78 is 0. The van der Waals surface area contributed by atoms with Crippen LogP contribution in [-0.4, -0.2) is 4.98 Å². The number of hydrogen-bond donors (Lipinski definition) is 0. The van der Waals surface area contributed by atoms with Gasteiger partial charge in [-0.3, -0.25) is 4.98 Å². The Bertz CT molecular complexity index is 290. The van der Waals surface area contributed by atoms with Crippen LogP contribution in [0.1, 0.15) is 5.56 Å². The molecule has 0 spiro atoms. The van der Waals surface area contributed by atoms with Crippen molar-refractivity contribution in [2.24, 2.45) is 0 Å². The van der Waals surface area contributed by atoms with Gasteiger partial charge in [0.1, 0.15) is 6.07 Å². The molecule has 0 saturated carbocycles. The third kappa shape index (κ3) is 1.21. The largest absolute Gasteiger partial charge is 0.262 e. The average molecular weight is 173 g/mol. The molecule has 0 N–H and O–H groups in total. The summed E-state index contributed by atoms with van der Waals surface area (Å²) in [6.07, 6.45) is 2.76. The molecule has 2 nitrogen and oxygen atoms in total. The first kappa shape index (κ1) is 7.33. The average Bonchev–Trinajstić information content (AvgIpc) is 1.95. The fourth-order valence-corrected chi connectivity index (χ4v) is 0.795. The Balaban J connectivity index is 3.31. The molecule has 50 valence electrons. The lowest BCUT2D eigenvalue weighted by Crippen LogP contribution is -1.79. The smallest absolute Gasteiger partial charge is 0.102 e. The minimum Gasteiger partial charge on any atom is -0.262 e. The Morgan fingerprint density at radius 1 is 1.40 bits per heavy atom. The monoisotopic (exact) mass is 172 g/mol. The molecule has 0 aliphatic rings. The summed E-state index contributed by atoms with van der Waals surface area (Å²) in [4.78, 5) is 3.68. The molecule has 10 heavy (non-hydrogen) atoms. The first-order valence-corrected chi connectivity index (χ1v) is 3.20. The van der Waals surface area contributed by atoms with E-state index < -0.39 is 0 Å². The van der Waals surface area contributed by atoms with E-state index in [9.17, 15) is 0 Å². The predicted molar refractivity (Wildman–Crippen MR) is 39.0 cm³/mol. The molecule has 4 heteroatoms. The molecule has 1 rings (SSSR count). The standard InChI is InChI=1S/C6H2Cl2N2/c7-5-3-10-2-4(1-9)6(5)8/h2-3H. The molecule has 1 aromatic rings. The van der Waals surface area contributed by atoms with Crippen LogP contribution in [-0.2, 0) is 0 Å². The summed E-state index contributed by atoms with van der Waals surface area (Å²) in [5.74, 6) is 0. The molecule has 0 bridgehead atoms. The molecular weight excluding hydrogens is 171 g/mol. The molecule has 1 aromatic heterocycles. The lowest BCUT2D eigenvalue weighted by atomic mass is 10.3. The van der Waals surface area contributed by atoms with Crippen LogP contribution >= 0.6 is 23.2 Å². The molecule has 0 aromatic carbocycles. The van der Waals surface area contributed by atoms with Crippen LogP contribution < -0.4 is 0 Å². The second kappa shape index (κ2) is 2.87. The topological polar surface area (TPSA) is 36.7 Å². The molecule has 0 fully saturated rings. The summed E-state index contributed by atoms with van der Waals surface area (Å²) in [7, 11) is 0. The van der Waals surface area contributed by atoms with Crippen LogP contribution in [0.4, 0.5) is 0 Å². The van der Waals surface area contributed by atoms with Gasteiger partial charge in [0.15, 0.2) is 0 Å². The maximum Gasteiger partial charge on any atom is 0.102 e. The highest BCUT2D eigenvalue weighted by molar-refractivity contribution is 6.42. The van der Waals surface area contributed by atoms with E-state index in [-0.39, 0.29) is 5.02 Å². The Morgan fingerprint density at radius 3 is 2.60 bits per heavy atom. The van der Waals surface area contributed by atoms with Gasteiger partial charge in [0.05, 0.1) is 15.6 Å². The van der Waals surface area contributed by atoms with Crippen molar-refractivity contribution in [1.29, 1.82) is 5.26 Å². The van der Waals surface area contributed by atoms with E-state index >= 15 is 0 Å². The Morgan fingerprint density at radius 2 is 2.10 bits per heavy atom. The summed E-state index contributed by atoms with van der Waals surface area (Å²) in [5, 5.41) is 8.98. The number of nitrogens with zero attached hydrogens (tertiary/aromatic N) is 2. The number of rotatable bonds is 0. The zero-order chi connectivity index (χ0) is 7.56. The fraction of sp³-hybridized carbons (Fsp3) is 0. The van der Waals surface area contributed by atoms with Crippen LogP contribution in [0.2, 0.25) is 10.0 Å². The summed E-state index contributed by atoms with van der Waals surface area (Å²) in [5.41, 5.74) is 0.300. The molecule has 0 aliphatic carbocycles. The van der Waals surface area contributed by atoms with Crippen molar-refractivity contribution in [3.63, 3.8) is 0 Å². The molecule has 0 amide bonds. The maximum atomic E-state index is 8.41. The van der Waals surface area contributed by atoms with E-state index in [0.717, 1.165) is 0 Å². The molecule has 1 heterocycles. The normalized spacial score (nSPS) is 8.90. The van der Waals surface area contributed by atoms with E-state index in [2.05, 4.69) is 4.98 Å². The fourth-order valence-electron chi connectivity index (χ4n) is 0.497. The zero-order valence-corrected chi connectivity index (χ0v) is 6.32. The second-order valence-electron chi connectivity index (χ2n) is 1.59. The highest BCUT2D eigenvalue weighted by Crippen LogP contribution is 2.22. The Kier molecular flexibility index (Phi) is 2.10. The van der Waals surface area contributed by atoms with Crippen LogP contribution in [0.5, 0.6) is 0 Å². The van der Waals surface area contributed by atoms with E-state index in [1.54, 1.807) is 0 Å². The first-order valence-electron chi connectivity index (χ1n) is 2.45. The zero-order valence-electron chi connectivity index (χ0n) is 4.81. The lowest BCUT2D eigenvalue weighted by molar-refractivity contribution is 1.30. The van der Waals surface area contributed by atoms with Crippen molar-refractivity contribution >= 4 is 23.2 Å². The maximum absolute atomic E-state index is 8.41. The van der Waals surface area contributed by atoms with Gasteiger partial charge in [-0.25, -0.2) is 0 Å². The van der Waals surface area contributed by atoms with Gasteiger partial charge in [-0.15, -0.1) is 0 Å². The van der Waals surface area contributed by atoms with Crippen molar-refractivity contribution in [1.82, 2.24) is 4.98 Å². The first-order chi connectivity index (χ1) is 4.75. The lowest BCUT2D eigenvalue weighted by Gasteiger charge is -1.93. The minimum absolute atomic E-state index is 0.263. The van der Waals surface area contributed by atoms with E-state index in [0.29, 0.717) is 10.6 Å². The number of aromatic nitrogens is 1. The molecule has 0 unspecified atom stereocenters. The highest BCUT2D eigenvalue weighted by atomic mass is 35.5. The summed E-state index contributed by atoms with van der Waals surface area (Å²) >= 11 is 11.1. The Labute approximate surface area is 68.0 Å². The number of halogens is 2. The van der Waals surface area contributed by atoms with Gasteiger partial charge >= 0.3 is 0 Å². The molecular formula is C6H2Cl2N2. The quantitative estimate of drug-likeness (QED) is 0.603. The minimum atomic E-state index is 0.263. The third-order valence-electron chi connectivity index (χ3n) is 0.958. The SMILES string of the molecule is N#Cc1cncc(Cl)c1Cl. The van der Waals surface area contributed by atoms with Gasteiger partial charge in [0, 0.05) is 12.4 Å². The van der Waals surface area contributed by atoms with Crippen LogP contribution in [0.25, 0.3) is 0 Å². The predicted octanol–water partition coefficient (Wildman–Crippen LogP) is 2.26. The van der Waals surface area contributed by atoms with Gasteiger partial charge < -0.3 is 0 Å². The number of nitriles is 1. The van der Waals surface area contributed by atoms with Crippen LogP contribution in [0.3, 0.4) is 0 Å². The summed E-state index contributed by atoms with van der Waals surface area (Å²) in [6, 6.07) is 1.86. The van der Waals surface area contributed by atoms with Gasteiger partial charge in [0.2, 0.25) is 0 Å². The molecule has 0 aliphatic heterocycles. The highest BCUT2D eigenvalue weighted by Gasteiger charge is 2.02. The molecule has 0 atom stereocenters. The van der Waals surface area contributed by atoms with E-state index in [1.165, 1.54) is 12.4 Å². The Hall–Kier alpha value is -0.780. The molecule has 0 radical (unpaired) electrons. The van der Waals surface area contributed by atoms with Gasteiger partial charge in [-0.05, 0) is 0 Å². The van der Waals surface area contributed by atoms with E-state index in [4.69, 9.17) is 28.5 Å². The van der Waals surface area contributed by atoms with Crippen molar-refractivity contribution in [3.8, 4) is 6.07 Å². The van der Waals surface area contributed by atoms with Crippen molar-refractivity contribution < 1.29 is 0 Å². The third-order valence-corrected chi connectivity index (χ3v) is 1.75. The number of pyridine rings is 1. The number of hydrogen-bond acceptors (Lipinski definition) is 2. The van der Waals surface area contributed by atoms with Gasteiger partial charge in [-0.2, -0.15) is 5.26 Å². The van der Waals surface area contributed by atoms with Crippen molar-refractivity contribution in [2.75, 3.05) is 0 Å². The van der Waals surface area contributed by atoms with Gasteiger partial charge in [0.25, 0.3) is 0 Å². The molecule has 0 saturated heterocycles. The van der Waals surface area contributed by atoms with E-state index in [1.807, 2.05) is 6.07 Å². The van der Waals surface area contributed by atoms with Gasteiger partial charge in [-0.1, -0.05) is 23.2 Å². The summed E-state index contributed by atoms with van der Waals surface area (Å²) in [6.45, 7) is 0.